The summed E-state index contributed by atoms with van der Waals surface area (Å²) in [7, 11) is 0. The van der Waals surface area contributed by atoms with Gasteiger partial charge in [-0.15, -0.1) is 0 Å². The van der Waals surface area contributed by atoms with E-state index in [2.05, 4.69) is 0 Å². The monoisotopic (exact) mass is 327 g/mol. The number of carbonyl (C=O) groups excluding carboxylic acids is 2. The summed E-state index contributed by atoms with van der Waals surface area (Å²) in [6, 6.07) is 13.5. The second-order valence-electron chi connectivity index (χ2n) is 5.31. The van der Waals surface area contributed by atoms with Gasteiger partial charge in [-0.1, -0.05) is 42.0 Å². The Hall–Kier alpha value is -2.40. The molecule has 0 spiro atoms. The zero-order valence-electron chi connectivity index (χ0n) is 12.5. The summed E-state index contributed by atoms with van der Waals surface area (Å²) < 4.78 is 12.9. The van der Waals surface area contributed by atoms with Crippen LogP contribution >= 0.6 is 11.8 Å². The summed E-state index contributed by atoms with van der Waals surface area (Å²) in [5, 5.41) is -0.288. The molecule has 0 radical (unpaired) electrons. The third-order valence-electron chi connectivity index (χ3n) is 3.50. The Morgan fingerprint density at radius 3 is 2.35 bits per heavy atom. The van der Waals surface area contributed by atoms with Crippen molar-refractivity contribution in [2.75, 3.05) is 0 Å². The van der Waals surface area contributed by atoms with Crippen LogP contribution in [0.25, 0.3) is 6.08 Å². The molecule has 0 aliphatic carbocycles. The Balaban J connectivity index is 1.79. The molecule has 0 atom stereocenters. The minimum atomic E-state index is -0.338. The van der Waals surface area contributed by atoms with Gasteiger partial charge in [0.2, 0.25) is 0 Å². The number of rotatable bonds is 3. The molecule has 1 aliphatic heterocycles. The topological polar surface area (TPSA) is 37.4 Å². The highest BCUT2D eigenvalue weighted by molar-refractivity contribution is 8.18. The average Bonchev–Trinajstić information content (AvgIpc) is 2.79. The van der Waals surface area contributed by atoms with Crippen molar-refractivity contribution in [3.63, 3.8) is 0 Å². The van der Waals surface area contributed by atoms with E-state index in [9.17, 15) is 14.0 Å². The first-order valence-corrected chi connectivity index (χ1v) is 7.91. The highest BCUT2D eigenvalue weighted by Crippen LogP contribution is 2.33. The van der Waals surface area contributed by atoms with Gasteiger partial charge in [-0.3, -0.25) is 14.5 Å². The summed E-state index contributed by atoms with van der Waals surface area (Å²) in [5.41, 5.74) is 2.72. The first kappa shape index (κ1) is 15.5. The predicted molar refractivity (Wildman–Crippen MR) is 89.1 cm³/mol. The highest BCUT2D eigenvalue weighted by atomic mass is 32.2. The van der Waals surface area contributed by atoms with Crippen LogP contribution in [0.1, 0.15) is 16.7 Å². The number of carbonyl (C=O) groups is 2. The first-order valence-electron chi connectivity index (χ1n) is 7.09. The summed E-state index contributed by atoms with van der Waals surface area (Å²) in [6.45, 7) is 2.24. The molecule has 1 fully saturated rings. The molecule has 3 rings (SSSR count). The maximum Gasteiger partial charge on any atom is 0.293 e. The van der Waals surface area contributed by atoms with E-state index >= 15 is 0 Å². The molecule has 0 unspecified atom stereocenters. The zero-order chi connectivity index (χ0) is 16.4. The van der Waals surface area contributed by atoms with Crippen molar-refractivity contribution in [2.24, 2.45) is 0 Å². The van der Waals surface area contributed by atoms with Crippen molar-refractivity contribution < 1.29 is 14.0 Å². The smallest absolute Gasteiger partial charge is 0.268 e. The molecular formula is C18H14FNO2S. The fourth-order valence-electron chi connectivity index (χ4n) is 2.22. The van der Waals surface area contributed by atoms with Gasteiger partial charge >= 0.3 is 0 Å². The maximum atomic E-state index is 12.9. The van der Waals surface area contributed by atoms with Crippen LogP contribution in [0.5, 0.6) is 0 Å². The van der Waals surface area contributed by atoms with Gasteiger partial charge in [-0.05, 0) is 48.0 Å². The lowest BCUT2D eigenvalue weighted by Gasteiger charge is -2.12. The molecule has 1 aliphatic rings. The van der Waals surface area contributed by atoms with Crippen LogP contribution in [-0.4, -0.2) is 16.0 Å². The fraction of sp³-hybridized carbons (Fsp3) is 0.111. The van der Waals surface area contributed by atoms with Crippen molar-refractivity contribution in [3.8, 4) is 0 Å². The van der Waals surface area contributed by atoms with Crippen LogP contribution in [0.4, 0.5) is 9.18 Å². The van der Waals surface area contributed by atoms with Crippen molar-refractivity contribution in [1.29, 1.82) is 0 Å². The van der Waals surface area contributed by atoms with Gasteiger partial charge in [0.15, 0.2) is 0 Å². The summed E-state index contributed by atoms with van der Waals surface area (Å²) in [4.78, 5) is 26.1. The Labute approximate surface area is 137 Å². The lowest BCUT2D eigenvalue weighted by molar-refractivity contribution is -0.123. The minimum Gasteiger partial charge on any atom is -0.268 e. The normalized spacial score (nSPS) is 16.4. The first-order chi connectivity index (χ1) is 11.0. The number of thioether (sulfide) groups is 1. The average molecular weight is 327 g/mol. The molecule has 0 saturated carbocycles. The summed E-state index contributed by atoms with van der Waals surface area (Å²) in [5.74, 6) is -0.653. The number of halogens is 1. The number of hydrogen-bond donors (Lipinski definition) is 0. The van der Waals surface area contributed by atoms with Crippen LogP contribution in [0.15, 0.2) is 53.4 Å². The molecular weight excluding hydrogens is 313 g/mol. The van der Waals surface area contributed by atoms with Crippen LogP contribution in [0.3, 0.4) is 0 Å². The van der Waals surface area contributed by atoms with Gasteiger partial charge in [0.05, 0.1) is 11.4 Å². The van der Waals surface area contributed by atoms with Gasteiger partial charge in [0.25, 0.3) is 11.1 Å². The summed E-state index contributed by atoms with van der Waals surface area (Å²) >= 11 is 0.908. The molecule has 0 N–H and O–H groups in total. The minimum absolute atomic E-state index is 0.256. The molecule has 23 heavy (non-hydrogen) atoms. The molecule has 0 bridgehead atoms. The quantitative estimate of drug-likeness (QED) is 0.786. The van der Waals surface area contributed by atoms with Crippen LogP contribution in [0.2, 0.25) is 0 Å². The molecule has 0 aromatic heterocycles. The second-order valence-corrected chi connectivity index (χ2v) is 6.30. The SMILES string of the molecule is Cc1ccc(CN2C(=O)S/C(=C\c3ccc(F)cc3)C2=O)cc1. The number of aryl methyl sites for hydroxylation is 1. The number of amides is 2. The van der Waals surface area contributed by atoms with E-state index in [0.717, 1.165) is 22.9 Å². The number of benzene rings is 2. The van der Waals surface area contributed by atoms with E-state index in [4.69, 9.17) is 0 Å². The Kier molecular flexibility index (Phi) is 4.30. The van der Waals surface area contributed by atoms with Gasteiger partial charge in [0, 0.05) is 0 Å². The molecule has 5 heteroatoms. The van der Waals surface area contributed by atoms with Crippen molar-refractivity contribution in [3.05, 3.63) is 75.9 Å². The van der Waals surface area contributed by atoms with E-state index in [0.29, 0.717) is 10.5 Å². The molecule has 3 nitrogen and oxygen atoms in total. The lowest BCUT2D eigenvalue weighted by atomic mass is 10.1. The number of hydrogen-bond acceptors (Lipinski definition) is 3. The maximum absolute atomic E-state index is 12.9. The van der Waals surface area contributed by atoms with E-state index in [1.165, 1.54) is 17.0 Å². The molecule has 2 amide bonds. The van der Waals surface area contributed by atoms with Gasteiger partial charge < -0.3 is 0 Å². The molecule has 116 valence electrons. The van der Waals surface area contributed by atoms with Gasteiger partial charge in [-0.2, -0.15) is 0 Å². The van der Waals surface area contributed by atoms with Crippen molar-refractivity contribution >= 4 is 29.0 Å². The number of imide groups is 1. The van der Waals surface area contributed by atoms with Crippen molar-refractivity contribution in [2.45, 2.75) is 13.5 Å². The van der Waals surface area contributed by atoms with Crippen LogP contribution < -0.4 is 0 Å². The largest absolute Gasteiger partial charge is 0.293 e. The van der Waals surface area contributed by atoms with E-state index in [1.807, 2.05) is 31.2 Å². The molecule has 1 saturated heterocycles. The third kappa shape index (κ3) is 3.51. The van der Waals surface area contributed by atoms with Crippen LogP contribution in [-0.2, 0) is 11.3 Å². The lowest BCUT2D eigenvalue weighted by Crippen LogP contribution is -2.27. The van der Waals surface area contributed by atoms with E-state index in [1.54, 1.807) is 18.2 Å². The van der Waals surface area contributed by atoms with E-state index < -0.39 is 0 Å². The third-order valence-corrected chi connectivity index (χ3v) is 4.41. The Bertz CT molecular complexity index is 782. The summed E-state index contributed by atoms with van der Waals surface area (Å²) in [6.07, 6.45) is 1.61. The molecule has 2 aromatic carbocycles. The standard InChI is InChI=1S/C18H14FNO2S/c1-12-2-4-14(5-3-12)11-20-17(21)16(23-18(20)22)10-13-6-8-15(19)9-7-13/h2-10H,11H2,1H3/b16-10-. The van der Waals surface area contributed by atoms with Crippen LogP contribution in [0, 0.1) is 12.7 Å². The molecule has 1 heterocycles. The van der Waals surface area contributed by atoms with Crippen molar-refractivity contribution in [1.82, 2.24) is 4.90 Å². The fourth-order valence-corrected chi connectivity index (χ4v) is 3.06. The Morgan fingerprint density at radius 2 is 1.70 bits per heavy atom. The number of nitrogens with zero attached hydrogens (tertiary/aromatic N) is 1. The Morgan fingerprint density at radius 1 is 1.04 bits per heavy atom. The highest BCUT2D eigenvalue weighted by Gasteiger charge is 2.34. The van der Waals surface area contributed by atoms with Gasteiger partial charge in [-0.25, -0.2) is 4.39 Å². The van der Waals surface area contributed by atoms with Gasteiger partial charge in [0.1, 0.15) is 5.82 Å². The predicted octanol–water partition coefficient (Wildman–Crippen LogP) is 4.37. The molecule has 2 aromatic rings. The second kappa shape index (κ2) is 6.38. The van der Waals surface area contributed by atoms with E-state index in [-0.39, 0.29) is 23.5 Å². The zero-order valence-corrected chi connectivity index (χ0v) is 13.3.